The number of rotatable bonds is 9. The number of guanidine groups is 1. The molecule has 0 spiro atoms. The monoisotopic (exact) mass is 510 g/mol. The quantitative estimate of drug-likeness (QED) is 0.268. The maximum absolute atomic E-state index is 11.8. The fraction of sp³-hybridized carbons (Fsp3) is 0.556. The molecule has 0 aliphatic carbocycles. The predicted octanol–water partition coefficient (Wildman–Crippen LogP) is 1.93. The second-order valence-corrected chi connectivity index (χ2v) is 8.48. The van der Waals surface area contributed by atoms with Crippen molar-refractivity contribution in [3.05, 3.63) is 35.4 Å². The molecule has 1 aromatic carbocycles. The van der Waals surface area contributed by atoms with E-state index in [-0.39, 0.29) is 41.7 Å². The zero-order valence-corrected chi connectivity index (χ0v) is 19.6. The van der Waals surface area contributed by atoms with Gasteiger partial charge in [-0.3, -0.25) is 4.79 Å². The molecule has 0 aliphatic rings. The van der Waals surface area contributed by atoms with Crippen LogP contribution in [0.15, 0.2) is 29.3 Å². The van der Waals surface area contributed by atoms with Gasteiger partial charge in [-0.05, 0) is 44.9 Å². The zero-order valence-electron chi connectivity index (χ0n) is 16.4. The lowest BCUT2D eigenvalue weighted by Crippen LogP contribution is -2.42. The van der Waals surface area contributed by atoms with E-state index in [4.69, 9.17) is 0 Å². The first-order valence-electron chi connectivity index (χ1n) is 8.84. The van der Waals surface area contributed by atoms with E-state index in [9.17, 15) is 13.2 Å². The van der Waals surface area contributed by atoms with Gasteiger partial charge >= 0.3 is 0 Å². The summed E-state index contributed by atoms with van der Waals surface area (Å²) in [6.45, 7) is 7.55. The van der Waals surface area contributed by atoms with Crippen LogP contribution in [-0.2, 0) is 16.4 Å². The highest BCUT2D eigenvalue weighted by Gasteiger charge is 2.09. The van der Waals surface area contributed by atoms with Crippen molar-refractivity contribution in [3.63, 3.8) is 0 Å². The van der Waals surface area contributed by atoms with Crippen LogP contribution in [-0.4, -0.2) is 51.4 Å². The van der Waals surface area contributed by atoms with E-state index in [2.05, 4.69) is 20.9 Å². The molecule has 1 amide bonds. The van der Waals surface area contributed by atoms with Crippen molar-refractivity contribution >= 4 is 45.7 Å². The minimum Gasteiger partial charge on any atom is -0.357 e. The van der Waals surface area contributed by atoms with Crippen LogP contribution >= 0.6 is 24.0 Å². The smallest absolute Gasteiger partial charge is 0.251 e. The standard InChI is InChI=1S/C18H30N4O3S.HI/c1-5-19-17(23)16-9-7-15(8-10-16)13-21-18(20-6-2)22-14(3)11-12-26(4,24)25;/h7-10,14H,5-6,11-13H2,1-4H3,(H,19,23)(H2,20,21,22);1H. The molecule has 0 saturated heterocycles. The third kappa shape index (κ3) is 11.2. The van der Waals surface area contributed by atoms with E-state index < -0.39 is 9.84 Å². The summed E-state index contributed by atoms with van der Waals surface area (Å²) < 4.78 is 22.5. The van der Waals surface area contributed by atoms with Crippen molar-refractivity contribution in [2.75, 3.05) is 25.1 Å². The van der Waals surface area contributed by atoms with Crippen LogP contribution in [0, 0.1) is 0 Å². The van der Waals surface area contributed by atoms with Gasteiger partial charge in [0.15, 0.2) is 5.96 Å². The summed E-state index contributed by atoms with van der Waals surface area (Å²) in [7, 11) is -2.97. The van der Waals surface area contributed by atoms with Crippen LogP contribution in [0.1, 0.15) is 43.1 Å². The van der Waals surface area contributed by atoms with Gasteiger partial charge in [0.1, 0.15) is 9.84 Å². The van der Waals surface area contributed by atoms with Crippen molar-refractivity contribution < 1.29 is 13.2 Å². The van der Waals surface area contributed by atoms with Crippen molar-refractivity contribution in [1.82, 2.24) is 16.0 Å². The van der Waals surface area contributed by atoms with E-state index in [1.807, 2.05) is 32.9 Å². The summed E-state index contributed by atoms with van der Waals surface area (Å²) in [5.41, 5.74) is 1.61. The Bertz CT molecular complexity index is 706. The Kier molecular flexibility index (Phi) is 12.3. The van der Waals surface area contributed by atoms with Crippen molar-refractivity contribution in [2.45, 2.75) is 39.8 Å². The Morgan fingerprint density at radius 1 is 1.11 bits per heavy atom. The molecule has 0 heterocycles. The van der Waals surface area contributed by atoms with E-state index in [1.165, 1.54) is 6.26 Å². The molecule has 1 unspecified atom stereocenters. The minimum absolute atomic E-state index is 0. The molecule has 0 aliphatic heterocycles. The third-order valence-corrected chi connectivity index (χ3v) is 4.60. The van der Waals surface area contributed by atoms with Gasteiger partial charge in [0.2, 0.25) is 0 Å². The summed E-state index contributed by atoms with van der Waals surface area (Å²) in [6, 6.07) is 7.31. The molecule has 154 valence electrons. The van der Waals surface area contributed by atoms with Crippen molar-refractivity contribution in [3.8, 4) is 0 Å². The summed E-state index contributed by atoms with van der Waals surface area (Å²) >= 11 is 0. The van der Waals surface area contributed by atoms with Crippen LogP contribution in [0.5, 0.6) is 0 Å². The maximum atomic E-state index is 11.8. The van der Waals surface area contributed by atoms with Gasteiger partial charge in [0.05, 0.1) is 12.3 Å². The SMILES string of the molecule is CCNC(=O)c1ccc(CN=C(NCC)NC(C)CCS(C)(=O)=O)cc1.I. The Hall–Kier alpha value is -1.36. The fourth-order valence-electron chi connectivity index (χ4n) is 2.21. The molecule has 3 N–H and O–H groups in total. The second kappa shape index (κ2) is 12.9. The fourth-order valence-corrected chi connectivity index (χ4v) is 2.99. The minimum atomic E-state index is -2.97. The van der Waals surface area contributed by atoms with Gasteiger partial charge in [-0.1, -0.05) is 12.1 Å². The number of carbonyl (C=O) groups excluding carboxylic acids is 1. The van der Waals surface area contributed by atoms with E-state index in [0.717, 1.165) is 5.56 Å². The molecule has 0 radical (unpaired) electrons. The molecular formula is C18H31IN4O3S. The molecule has 0 saturated carbocycles. The van der Waals surface area contributed by atoms with E-state index >= 15 is 0 Å². The molecular weight excluding hydrogens is 479 g/mol. The number of hydrogen-bond donors (Lipinski definition) is 3. The highest BCUT2D eigenvalue weighted by Crippen LogP contribution is 2.06. The van der Waals surface area contributed by atoms with Gasteiger partial charge in [-0.15, -0.1) is 24.0 Å². The Morgan fingerprint density at radius 3 is 2.22 bits per heavy atom. The van der Waals surface area contributed by atoms with Crippen LogP contribution in [0.25, 0.3) is 0 Å². The average molecular weight is 510 g/mol. The number of amides is 1. The largest absolute Gasteiger partial charge is 0.357 e. The molecule has 0 fully saturated rings. The van der Waals surface area contributed by atoms with Crippen molar-refractivity contribution in [1.29, 1.82) is 0 Å². The molecule has 1 rings (SSSR count). The Labute approximate surface area is 179 Å². The molecule has 27 heavy (non-hydrogen) atoms. The number of nitrogens with zero attached hydrogens (tertiary/aromatic N) is 1. The number of hydrogen-bond acceptors (Lipinski definition) is 4. The van der Waals surface area contributed by atoms with Crippen molar-refractivity contribution in [2.24, 2.45) is 4.99 Å². The first kappa shape index (κ1) is 25.6. The second-order valence-electron chi connectivity index (χ2n) is 6.22. The predicted molar refractivity (Wildman–Crippen MR) is 122 cm³/mol. The number of aliphatic imine (C=N–C) groups is 1. The van der Waals surface area contributed by atoms with E-state index in [0.29, 0.717) is 37.6 Å². The topological polar surface area (TPSA) is 99.7 Å². The molecule has 1 atom stereocenters. The Balaban J connectivity index is 0.00000676. The number of halogens is 1. The Morgan fingerprint density at radius 2 is 1.70 bits per heavy atom. The van der Waals surface area contributed by atoms with Gasteiger partial charge in [-0.25, -0.2) is 13.4 Å². The van der Waals surface area contributed by atoms with Crippen LogP contribution in [0.4, 0.5) is 0 Å². The molecule has 0 aromatic heterocycles. The first-order chi connectivity index (χ1) is 12.2. The lowest BCUT2D eigenvalue weighted by atomic mass is 10.1. The third-order valence-electron chi connectivity index (χ3n) is 3.62. The normalized spacial score (nSPS) is 12.7. The zero-order chi connectivity index (χ0) is 19.6. The summed E-state index contributed by atoms with van der Waals surface area (Å²) in [5.74, 6) is 0.695. The average Bonchev–Trinajstić information content (AvgIpc) is 2.58. The van der Waals surface area contributed by atoms with Crippen LogP contribution in [0.2, 0.25) is 0 Å². The number of carbonyl (C=O) groups is 1. The van der Waals surface area contributed by atoms with Gasteiger partial charge in [0.25, 0.3) is 5.91 Å². The summed E-state index contributed by atoms with van der Waals surface area (Å²) in [4.78, 5) is 16.3. The lowest BCUT2D eigenvalue weighted by Gasteiger charge is -2.17. The van der Waals surface area contributed by atoms with Gasteiger partial charge in [0, 0.05) is 31.0 Å². The molecule has 9 heteroatoms. The maximum Gasteiger partial charge on any atom is 0.251 e. The highest BCUT2D eigenvalue weighted by atomic mass is 127. The number of sulfone groups is 1. The van der Waals surface area contributed by atoms with Crippen LogP contribution < -0.4 is 16.0 Å². The van der Waals surface area contributed by atoms with Gasteiger partial charge < -0.3 is 16.0 Å². The highest BCUT2D eigenvalue weighted by molar-refractivity contribution is 14.0. The summed E-state index contributed by atoms with van der Waals surface area (Å²) in [6.07, 6.45) is 1.76. The van der Waals surface area contributed by atoms with Crippen LogP contribution in [0.3, 0.4) is 0 Å². The van der Waals surface area contributed by atoms with E-state index in [1.54, 1.807) is 12.1 Å². The molecule has 1 aromatic rings. The lowest BCUT2D eigenvalue weighted by molar-refractivity contribution is 0.0956. The number of benzene rings is 1. The first-order valence-corrected chi connectivity index (χ1v) is 10.9. The van der Waals surface area contributed by atoms with Gasteiger partial charge in [-0.2, -0.15) is 0 Å². The molecule has 0 bridgehead atoms. The number of nitrogens with one attached hydrogen (secondary N) is 3. The summed E-state index contributed by atoms with van der Waals surface area (Å²) in [5, 5.41) is 9.13. The molecule has 7 nitrogen and oxygen atoms in total.